The Morgan fingerprint density at radius 3 is 2.00 bits per heavy atom. The van der Waals surface area contributed by atoms with E-state index >= 15 is 0 Å². The minimum absolute atomic E-state index is 0.108. The molecule has 6 aromatic rings. The maximum Gasteiger partial charge on any atom is 0.218 e. The monoisotopic (exact) mass is 709 g/mol. The van der Waals surface area contributed by atoms with Crippen LogP contribution in [0.1, 0.15) is 36.1 Å². The molecule has 1 aliphatic carbocycles. The number of fused-ring (bicyclic) bond motifs is 4. The van der Waals surface area contributed by atoms with Gasteiger partial charge < -0.3 is 4.90 Å². The summed E-state index contributed by atoms with van der Waals surface area (Å²) in [4.78, 5) is 27.4. The van der Waals surface area contributed by atoms with Gasteiger partial charge in [-0.05, 0) is 118 Å². The van der Waals surface area contributed by atoms with Gasteiger partial charge in [-0.3, -0.25) is 9.59 Å². The molecule has 0 saturated carbocycles. The Labute approximate surface area is 301 Å². The molecular weight excluding hydrogens is 679 g/mol. The molecule has 0 atom stereocenters. The normalized spacial score (nSPS) is 15.2. The molecule has 0 bridgehead atoms. The standard InChI is InChI=1S/C42H31NO2S4/c1-42(2)35-7-5-4-6-33(35)34-17-16-30(22-36(34)42)43(28-12-8-26(9-13-28)20-31-23-38(46-3)37(47-31)18-19-44)29-14-10-27(11-15-29)21-32-24-39-40(48-32)25-41(45)49-39/h4-25H,1-3H3/b31-20-,32-21+,37-18+. The molecule has 2 aromatic heterocycles. The van der Waals surface area contributed by atoms with Gasteiger partial charge in [-0.15, -0.1) is 34.4 Å². The highest BCUT2D eigenvalue weighted by Gasteiger charge is 2.35. The van der Waals surface area contributed by atoms with E-state index in [1.54, 1.807) is 46.6 Å². The van der Waals surface area contributed by atoms with Crippen molar-refractivity contribution in [3.63, 3.8) is 0 Å². The Morgan fingerprint density at radius 2 is 1.35 bits per heavy atom. The molecule has 0 saturated heterocycles. The highest BCUT2D eigenvalue weighted by Crippen LogP contribution is 2.50. The molecule has 7 heteroatoms. The van der Waals surface area contributed by atoms with Crippen molar-refractivity contribution in [2.75, 3.05) is 11.2 Å². The lowest BCUT2D eigenvalue weighted by atomic mass is 9.82. The first-order valence-electron chi connectivity index (χ1n) is 15.9. The van der Waals surface area contributed by atoms with Gasteiger partial charge in [-0.1, -0.05) is 68.4 Å². The highest BCUT2D eigenvalue weighted by molar-refractivity contribution is 8.15. The Bertz CT molecular complexity index is 2520. The summed E-state index contributed by atoms with van der Waals surface area (Å²) in [6, 6.07) is 37.3. The van der Waals surface area contributed by atoms with E-state index < -0.39 is 0 Å². The van der Waals surface area contributed by atoms with Crippen molar-refractivity contribution in [3.8, 4) is 11.1 Å². The quantitative estimate of drug-likeness (QED) is 0.123. The van der Waals surface area contributed by atoms with Crippen LogP contribution in [0.2, 0.25) is 0 Å². The zero-order valence-corrected chi connectivity index (χ0v) is 30.4. The van der Waals surface area contributed by atoms with Crippen LogP contribution in [0.25, 0.3) is 35.4 Å². The summed E-state index contributed by atoms with van der Waals surface area (Å²) in [5, 5.41) is 0.112. The van der Waals surface area contributed by atoms with Gasteiger partial charge in [0.1, 0.15) is 6.29 Å². The first kappa shape index (κ1) is 31.8. The smallest absolute Gasteiger partial charge is 0.218 e. The zero-order valence-electron chi connectivity index (χ0n) is 27.1. The van der Waals surface area contributed by atoms with Crippen molar-refractivity contribution in [2.45, 2.75) is 29.1 Å². The van der Waals surface area contributed by atoms with Crippen LogP contribution in [0.4, 0.5) is 17.1 Å². The third-order valence-electron chi connectivity index (χ3n) is 9.13. The lowest BCUT2D eigenvalue weighted by Crippen LogP contribution is -2.16. The Morgan fingerprint density at radius 1 is 0.714 bits per heavy atom. The van der Waals surface area contributed by atoms with Gasteiger partial charge in [0.2, 0.25) is 5.12 Å². The lowest BCUT2D eigenvalue weighted by molar-refractivity contribution is -0.106. The summed E-state index contributed by atoms with van der Waals surface area (Å²) in [7, 11) is 0. The van der Waals surface area contributed by atoms with Crippen molar-refractivity contribution in [1.82, 2.24) is 0 Å². The van der Waals surface area contributed by atoms with Crippen LogP contribution < -0.4 is 23.0 Å². The van der Waals surface area contributed by atoms with E-state index in [2.05, 4.69) is 134 Å². The van der Waals surface area contributed by atoms with Crippen LogP contribution in [0, 0.1) is 0 Å². The van der Waals surface area contributed by atoms with E-state index in [1.807, 2.05) is 6.26 Å². The number of thioether (sulfide) groups is 2. The molecule has 1 aliphatic heterocycles. The van der Waals surface area contributed by atoms with E-state index in [0.717, 1.165) is 62.4 Å². The number of aldehydes is 1. The largest absolute Gasteiger partial charge is 0.310 e. The van der Waals surface area contributed by atoms with Crippen molar-refractivity contribution in [1.29, 1.82) is 0 Å². The second-order valence-corrected chi connectivity index (χ2v) is 16.7. The van der Waals surface area contributed by atoms with Crippen molar-refractivity contribution >= 4 is 99.0 Å². The summed E-state index contributed by atoms with van der Waals surface area (Å²) in [5.41, 5.74) is 10.7. The average molecular weight is 710 g/mol. The molecule has 2 aliphatic rings. The van der Waals surface area contributed by atoms with E-state index in [-0.39, 0.29) is 10.5 Å². The van der Waals surface area contributed by atoms with Gasteiger partial charge >= 0.3 is 0 Å². The number of hydrogen-bond donors (Lipinski definition) is 0. The number of carbonyl (C=O) groups is 2. The number of rotatable bonds is 7. The number of thiophene rings is 2. The van der Waals surface area contributed by atoms with Crippen LogP contribution in [0.3, 0.4) is 0 Å². The number of carbonyl (C=O) groups excluding carboxylic acids is 2. The van der Waals surface area contributed by atoms with Gasteiger partial charge in [0.15, 0.2) is 0 Å². The molecule has 3 heterocycles. The van der Waals surface area contributed by atoms with Crippen molar-refractivity contribution < 1.29 is 9.59 Å². The molecular formula is C42H31NO2S4. The second-order valence-electron chi connectivity index (χ2n) is 12.5. The van der Waals surface area contributed by atoms with E-state index in [9.17, 15) is 9.59 Å². The van der Waals surface area contributed by atoms with Crippen LogP contribution in [-0.4, -0.2) is 17.7 Å². The topological polar surface area (TPSA) is 37.4 Å². The van der Waals surface area contributed by atoms with Crippen LogP contribution in [0.5, 0.6) is 0 Å². The fourth-order valence-electron chi connectivity index (χ4n) is 6.77. The predicted molar refractivity (Wildman–Crippen MR) is 211 cm³/mol. The molecule has 0 fully saturated rings. The fourth-order valence-corrected chi connectivity index (χ4v) is 10.7. The maximum atomic E-state index is 11.8. The zero-order chi connectivity index (χ0) is 33.7. The molecule has 240 valence electrons. The van der Waals surface area contributed by atoms with E-state index in [1.165, 1.54) is 34.0 Å². The van der Waals surface area contributed by atoms with Gasteiger partial charge in [-0.2, -0.15) is 0 Å². The van der Waals surface area contributed by atoms with Crippen molar-refractivity contribution in [2.24, 2.45) is 0 Å². The fraction of sp³-hybridized carbons (Fsp3) is 0.0952. The van der Waals surface area contributed by atoms with Gasteiger partial charge in [0, 0.05) is 56.5 Å². The molecule has 4 aromatic carbocycles. The molecule has 0 radical (unpaired) electrons. The summed E-state index contributed by atoms with van der Waals surface area (Å²) in [5.74, 6) is 0. The van der Waals surface area contributed by atoms with Gasteiger partial charge in [-0.25, -0.2) is 0 Å². The summed E-state index contributed by atoms with van der Waals surface area (Å²) >= 11 is 6.25. The molecule has 8 rings (SSSR count). The number of anilines is 3. The van der Waals surface area contributed by atoms with E-state index in [4.69, 9.17) is 0 Å². The number of benzene rings is 4. The molecule has 0 spiro atoms. The van der Waals surface area contributed by atoms with Crippen LogP contribution in [-0.2, 0) is 15.0 Å². The molecule has 0 unspecified atom stereocenters. The van der Waals surface area contributed by atoms with Crippen LogP contribution in [0.15, 0.2) is 113 Å². The Kier molecular flexibility index (Phi) is 8.32. The second kappa shape index (κ2) is 12.8. The predicted octanol–water partition coefficient (Wildman–Crippen LogP) is 8.36. The minimum Gasteiger partial charge on any atom is -0.310 e. The SMILES string of the molecule is CSc1c/c(=C/c2ccc(N(c3ccc(/C=c4\cc5c(s4)=CC(=O)S5)cc3)c3ccc4c(c3)C(C)(C)c3ccccc3-4)cc2)s/c1=C/C=O. The lowest BCUT2D eigenvalue weighted by Gasteiger charge is -2.28. The summed E-state index contributed by atoms with van der Waals surface area (Å²) in [6.07, 6.45) is 10.6. The molecule has 49 heavy (non-hydrogen) atoms. The molecule has 0 N–H and O–H groups in total. The third-order valence-corrected chi connectivity index (χ3v) is 13.1. The van der Waals surface area contributed by atoms with Crippen molar-refractivity contribution in [3.05, 3.63) is 144 Å². The summed E-state index contributed by atoms with van der Waals surface area (Å²) in [6.45, 7) is 4.64. The average Bonchev–Trinajstić information content (AvgIpc) is 3.83. The minimum atomic E-state index is -0.108. The van der Waals surface area contributed by atoms with Crippen LogP contribution >= 0.6 is 46.2 Å². The van der Waals surface area contributed by atoms with E-state index in [0.29, 0.717) is 0 Å². The number of hydrogen-bond acceptors (Lipinski definition) is 7. The molecule has 0 amide bonds. The Balaban J connectivity index is 1.19. The van der Waals surface area contributed by atoms with Gasteiger partial charge in [0.25, 0.3) is 0 Å². The number of nitrogens with zero attached hydrogens (tertiary/aromatic N) is 1. The maximum absolute atomic E-state index is 11.8. The highest BCUT2D eigenvalue weighted by atomic mass is 32.2. The Hall–Kier alpha value is -4.40. The summed E-state index contributed by atoms with van der Waals surface area (Å²) < 4.78 is 4.31. The first-order valence-corrected chi connectivity index (χ1v) is 19.6. The molecule has 3 nitrogen and oxygen atoms in total. The first-order chi connectivity index (χ1) is 23.8. The van der Waals surface area contributed by atoms with Gasteiger partial charge in [0.05, 0.1) is 0 Å². The third kappa shape index (κ3) is 5.95.